The highest BCUT2D eigenvalue weighted by atomic mass is 35.5. The number of nitrogens with zero attached hydrogens (tertiary/aromatic N) is 2. The smallest absolute Gasteiger partial charge is 0.264 e. The monoisotopic (exact) mass is 597 g/mol. The predicted octanol–water partition coefficient (Wildman–Crippen LogP) is 6.16. The highest BCUT2D eigenvalue weighted by Gasteiger charge is 2.32. The van der Waals surface area contributed by atoms with Crippen LogP contribution in [0, 0.1) is 12.8 Å². The normalized spacial score (nSPS) is 12.3. The first-order chi connectivity index (χ1) is 19.3. The Kier molecular flexibility index (Phi) is 11.0. The fourth-order valence-corrected chi connectivity index (χ4v) is 5.89. The lowest BCUT2D eigenvalue weighted by molar-refractivity contribution is -0.139. The molecule has 0 aliphatic heterocycles. The molecule has 1 unspecified atom stereocenters. The van der Waals surface area contributed by atoms with Crippen LogP contribution in [0.3, 0.4) is 0 Å². The second-order valence-corrected chi connectivity index (χ2v) is 13.3. The van der Waals surface area contributed by atoms with Crippen LogP contribution in [0.15, 0.2) is 77.7 Å². The molecule has 7 nitrogen and oxygen atoms in total. The van der Waals surface area contributed by atoms with Crippen molar-refractivity contribution in [3.8, 4) is 0 Å². The SMILES string of the molecule is Cc1ccc(S(=O)(=O)N(CC(=O)N(Cc2cccc(Cl)c2)C(C)C(=O)NCC(C)C)c2ccc(C(C)C)cc2)cc1. The molecule has 3 aromatic rings. The van der Waals surface area contributed by atoms with E-state index >= 15 is 0 Å². The molecule has 41 heavy (non-hydrogen) atoms. The molecule has 220 valence electrons. The lowest BCUT2D eigenvalue weighted by Gasteiger charge is -2.32. The van der Waals surface area contributed by atoms with Gasteiger partial charge in [-0.05, 0) is 73.2 Å². The molecule has 0 saturated heterocycles. The fourth-order valence-electron chi connectivity index (χ4n) is 4.26. The summed E-state index contributed by atoms with van der Waals surface area (Å²) in [5, 5.41) is 3.39. The molecule has 0 aromatic heterocycles. The molecular formula is C32H40ClN3O4S. The van der Waals surface area contributed by atoms with Gasteiger partial charge in [0.15, 0.2) is 0 Å². The van der Waals surface area contributed by atoms with Gasteiger partial charge in [-0.2, -0.15) is 0 Å². The third-order valence-electron chi connectivity index (χ3n) is 6.83. The maximum Gasteiger partial charge on any atom is 0.264 e. The first-order valence-corrected chi connectivity index (χ1v) is 15.6. The van der Waals surface area contributed by atoms with Crippen molar-refractivity contribution in [1.29, 1.82) is 0 Å². The Balaban J connectivity index is 2.03. The number of sulfonamides is 1. The molecule has 3 aromatic carbocycles. The van der Waals surface area contributed by atoms with Gasteiger partial charge in [0.05, 0.1) is 10.6 Å². The number of halogens is 1. The van der Waals surface area contributed by atoms with Crippen LogP contribution in [0.1, 0.15) is 57.2 Å². The summed E-state index contributed by atoms with van der Waals surface area (Å²) in [5.74, 6) is -0.345. The Morgan fingerprint density at radius 3 is 2.10 bits per heavy atom. The van der Waals surface area contributed by atoms with Crippen molar-refractivity contribution in [2.24, 2.45) is 5.92 Å². The van der Waals surface area contributed by atoms with E-state index in [9.17, 15) is 18.0 Å². The average Bonchev–Trinajstić information content (AvgIpc) is 2.93. The summed E-state index contributed by atoms with van der Waals surface area (Å²) < 4.78 is 29.0. The van der Waals surface area contributed by atoms with Crippen LogP contribution in [-0.4, -0.2) is 44.3 Å². The molecule has 9 heteroatoms. The standard InChI is InChI=1S/C32H40ClN3O4S/c1-22(2)19-34-32(38)25(6)35(20-26-8-7-9-28(33)18-26)31(37)21-36(29-14-12-27(13-15-29)23(3)4)41(39,40)30-16-10-24(5)11-17-30/h7-18,22-23,25H,19-21H2,1-6H3,(H,34,38). The fraction of sp³-hybridized carbons (Fsp3) is 0.375. The largest absolute Gasteiger partial charge is 0.354 e. The van der Waals surface area contributed by atoms with Crippen molar-refractivity contribution in [3.63, 3.8) is 0 Å². The highest BCUT2D eigenvalue weighted by Crippen LogP contribution is 2.27. The molecule has 0 saturated carbocycles. The first kappa shape index (κ1) is 32.2. The second-order valence-electron chi connectivity index (χ2n) is 11.0. The Morgan fingerprint density at radius 1 is 0.902 bits per heavy atom. The minimum Gasteiger partial charge on any atom is -0.354 e. The van der Waals surface area contributed by atoms with Crippen LogP contribution in [0.25, 0.3) is 0 Å². The van der Waals surface area contributed by atoms with E-state index in [-0.39, 0.29) is 29.2 Å². The van der Waals surface area contributed by atoms with Crippen molar-refractivity contribution in [1.82, 2.24) is 10.2 Å². The molecule has 2 amide bonds. The van der Waals surface area contributed by atoms with Gasteiger partial charge < -0.3 is 10.2 Å². The van der Waals surface area contributed by atoms with Crippen molar-refractivity contribution in [2.75, 3.05) is 17.4 Å². The van der Waals surface area contributed by atoms with Crippen LogP contribution in [0.2, 0.25) is 5.02 Å². The zero-order valence-corrected chi connectivity index (χ0v) is 26.2. The van der Waals surface area contributed by atoms with Crippen molar-refractivity contribution < 1.29 is 18.0 Å². The average molecular weight is 598 g/mol. The Labute approximate surface area is 249 Å². The van der Waals surface area contributed by atoms with E-state index in [1.54, 1.807) is 49.4 Å². The van der Waals surface area contributed by atoms with Gasteiger partial charge in [-0.15, -0.1) is 0 Å². The molecule has 0 bridgehead atoms. The minimum absolute atomic E-state index is 0.0768. The third-order valence-corrected chi connectivity index (χ3v) is 8.85. The first-order valence-electron chi connectivity index (χ1n) is 13.8. The molecule has 0 aliphatic carbocycles. The van der Waals surface area contributed by atoms with Gasteiger partial charge in [-0.3, -0.25) is 13.9 Å². The lowest BCUT2D eigenvalue weighted by Crippen LogP contribution is -2.51. The van der Waals surface area contributed by atoms with Crippen molar-refractivity contribution >= 4 is 39.1 Å². The number of carbonyl (C=O) groups excluding carboxylic acids is 2. The summed E-state index contributed by atoms with van der Waals surface area (Å²) >= 11 is 6.20. The Hall–Kier alpha value is -3.36. The number of rotatable bonds is 12. The predicted molar refractivity (Wildman–Crippen MR) is 166 cm³/mol. The Morgan fingerprint density at radius 2 is 1.54 bits per heavy atom. The lowest BCUT2D eigenvalue weighted by atomic mass is 10.0. The van der Waals surface area contributed by atoms with Gasteiger partial charge in [0.2, 0.25) is 11.8 Å². The van der Waals surface area contributed by atoms with Crippen molar-refractivity contribution in [3.05, 3.63) is 94.5 Å². The number of benzene rings is 3. The topological polar surface area (TPSA) is 86.8 Å². The molecule has 1 N–H and O–H groups in total. The molecule has 0 aliphatic rings. The highest BCUT2D eigenvalue weighted by molar-refractivity contribution is 7.92. The summed E-state index contributed by atoms with van der Waals surface area (Å²) in [6.45, 7) is 11.7. The number of nitrogens with one attached hydrogen (secondary N) is 1. The zero-order valence-electron chi connectivity index (χ0n) is 24.6. The molecule has 1 atom stereocenters. The Bertz CT molecular complexity index is 1440. The van der Waals surface area contributed by atoms with Crippen LogP contribution in [-0.2, 0) is 26.2 Å². The van der Waals surface area contributed by atoms with E-state index in [2.05, 4.69) is 19.2 Å². The molecule has 3 rings (SSSR count). The van der Waals surface area contributed by atoms with Crippen LogP contribution in [0.5, 0.6) is 0 Å². The summed E-state index contributed by atoms with van der Waals surface area (Å²) in [4.78, 5) is 28.6. The number of hydrogen-bond donors (Lipinski definition) is 1. The number of aryl methyl sites for hydroxylation is 1. The summed E-state index contributed by atoms with van der Waals surface area (Å²) in [7, 11) is -4.12. The van der Waals surface area contributed by atoms with Gasteiger partial charge in [-0.1, -0.05) is 81.3 Å². The van der Waals surface area contributed by atoms with Crippen LogP contribution < -0.4 is 9.62 Å². The molecular weight excluding hydrogens is 558 g/mol. The minimum atomic E-state index is -4.12. The zero-order chi connectivity index (χ0) is 30.3. The van der Waals surface area contributed by atoms with E-state index in [4.69, 9.17) is 11.6 Å². The van der Waals surface area contributed by atoms with Gasteiger partial charge >= 0.3 is 0 Å². The number of amides is 2. The molecule has 0 fully saturated rings. The van der Waals surface area contributed by atoms with Gasteiger partial charge in [0.25, 0.3) is 10.0 Å². The maximum atomic E-state index is 14.0. The van der Waals surface area contributed by atoms with Gasteiger partial charge in [0.1, 0.15) is 12.6 Å². The van der Waals surface area contributed by atoms with Gasteiger partial charge in [-0.25, -0.2) is 8.42 Å². The van der Waals surface area contributed by atoms with Crippen molar-refractivity contribution in [2.45, 2.75) is 64.9 Å². The van der Waals surface area contributed by atoms with E-state index in [1.165, 1.54) is 17.0 Å². The molecule has 0 heterocycles. The van der Waals surface area contributed by atoms with E-state index in [0.717, 1.165) is 21.0 Å². The van der Waals surface area contributed by atoms with Crippen LogP contribution >= 0.6 is 11.6 Å². The summed E-state index contributed by atoms with van der Waals surface area (Å²) in [6, 6.07) is 19.9. The van der Waals surface area contributed by atoms with Gasteiger partial charge in [0, 0.05) is 18.1 Å². The quantitative estimate of drug-likeness (QED) is 0.271. The number of anilines is 1. The van der Waals surface area contributed by atoms with E-state index in [1.807, 2.05) is 39.0 Å². The molecule has 0 radical (unpaired) electrons. The third kappa shape index (κ3) is 8.57. The summed E-state index contributed by atoms with van der Waals surface area (Å²) in [5.41, 5.74) is 3.05. The molecule has 0 spiro atoms. The summed E-state index contributed by atoms with van der Waals surface area (Å²) in [6.07, 6.45) is 0. The number of hydrogen-bond acceptors (Lipinski definition) is 4. The number of carbonyl (C=O) groups is 2. The van der Waals surface area contributed by atoms with Crippen LogP contribution in [0.4, 0.5) is 5.69 Å². The van der Waals surface area contributed by atoms with E-state index < -0.39 is 28.5 Å². The maximum absolute atomic E-state index is 14.0. The second kappa shape index (κ2) is 14.0. The van der Waals surface area contributed by atoms with E-state index in [0.29, 0.717) is 17.3 Å².